The molecule has 0 bridgehead atoms. The van der Waals surface area contributed by atoms with Gasteiger partial charge in [0.2, 0.25) is 17.7 Å². The molecule has 0 saturated carbocycles. The molecule has 1 aliphatic rings. The van der Waals surface area contributed by atoms with Crippen LogP contribution in [0.5, 0.6) is 17.2 Å². The van der Waals surface area contributed by atoms with E-state index in [2.05, 4.69) is 10.6 Å². The van der Waals surface area contributed by atoms with E-state index in [1.807, 2.05) is 30.3 Å². The second kappa shape index (κ2) is 12.6. The molecule has 8 heteroatoms. The van der Waals surface area contributed by atoms with Gasteiger partial charge in [-0.2, -0.15) is 0 Å². The normalized spacial score (nSPS) is 13.5. The highest BCUT2D eigenvalue weighted by molar-refractivity contribution is 5.94. The molecule has 0 aromatic heterocycles. The molecule has 3 amide bonds. The molecule has 2 N–H and O–H groups in total. The van der Waals surface area contributed by atoms with Crippen LogP contribution in [0.3, 0.4) is 0 Å². The Kier molecular flexibility index (Phi) is 8.75. The lowest BCUT2D eigenvalue weighted by molar-refractivity contribution is -0.135. The molecule has 3 aromatic carbocycles. The van der Waals surface area contributed by atoms with E-state index in [4.69, 9.17) is 9.47 Å². The molecule has 192 valence electrons. The maximum Gasteiger partial charge on any atom is 0.227 e. The highest BCUT2D eigenvalue weighted by Gasteiger charge is 2.27. The van der Waals surface area contributed by atoms with Crippen LogP contribution in [0.25, 0.3) is 0 Å². The lowest BCUT2D eigenvalue weighted by Gasteiger charge is -2.31. The SMILES string of the molecule is COc1ccc(NC(=O)C2CCN(C(=O)CCC(=O)Nc3ccc(Oc4ccccc4)cc3)CC2)cc1. The van der Waals surface area contributed by atoms with Crippen LogP contribution < -0.4 is 20.1 Å². The number of carbonyl (C=O) groups is 3. The van der Waals surface area contributed by atoms with Gasteiger partial charge in [0.25, 0.3) is 0 Å². The van der Waals surface area contributed by atoms with Crippen LogP contribution >= 0.6 is 0 Å². The first-order chi connectivity index (χ1) is 18.0. The number of ether oxygens (including phenoxy) is 2. The number of carbonyl (C=O) groups excluding carboxylic acids is 3. The fourth-order valence-corrected chi connectivity index (χ4v) is 4.14. The summed E-state index contributed by atoms with van der Waals surface area (Å²) in [7, 11) is 1.59. The fraction of sp³-hybridized carbons (Fsp3) is 0.276. The molecular formula is C29H31N3O5. The third kappa shape index (κ3) is 7.57. The number of rotatable bonds is 9. The Labute approximate surface area is 216 Å². The predicted molar refractivity (Wildman–Crippen MR) is 142 cm³/mol. The van der Waals surface area contributed by atoms with Crippen molar-refractivity contribution < 1.29 is 23.9 Å². The maximum absolute atomic E-state index is 12.6. The van der Waals surface area contributed by atoms with Crippen LogP contribution in [0.4, 0.5) is 11.4 Å². The first-order valence-electron chi connectivity index (χ1n) is 12.4. The third-order valence-electron chi connectivity index (χ3n) is 6.26. The van der Waals surface area contributed by atoms with Gasteiger partial charge in [-0.3, -0.25) is 14.4 Å². The van der Waals surface area contributed by atoms with Crippen molar-refractivity contribution in [1.82, 2.24) is 4.90 Å². The van der Waals surface area contributed by atoms with E-state index in [1.54, 1.807) is 60.5 Å². The number of nitrogens with one attached hydrogen (secondary N) is 2. The molecule has 1 fully saturated rings. The number of likely N-dealkylation sites (tertiary alicyclic amines) is 1. The van der Waals surface area contributed by atoms with Crippen LogP contribution in [0.1, 0.15) is 25.7 Å². The van der Waals surface area contributed by atoms with Crippen LogP contribution in [-0.2, 0) is 14.4 Å². The Balaban J connectivity index is 1.16. The average molecular weight is 502 g/mol. The molecule has 8 nitrogen and oxygen atoms in total. The Bertz CT molecular complexity index is 1190. The third-order valence-corrected chi connectivity index (χ3v) is 6.26. The number of methoxy groups -OCH3 is 1. The zero-order valence-corrected chi connectivity index (χ0v) is 20.8. The number of piperidine rings is 1. The lowest BCUT2D eigenvalue weighted by Crippen LogP contribution is -2.41. The molecule has 0 spiro atoms. The topological polar surface area (TPSA) is 97.0 Å². The number of nitrogens with zero attached hydrogens (tertiary/aromatic N) is 1. The highest BCUT2D eigenvalue weighted by Crippen LogP contribution is 2.24. The Morgan fingerprint density at radius 3 is 1.95 bits per heavy atom. The van der Waals surface area contributed by atoms with Crippen LogP contribution in [0.15, 0.2) is 78.9 Å². The van der Waals surface area contributed by atoms with Crippen molar-refractivity contribution in [3.63, 3.8) is 0 Å². The zero-order valence-electron chi connectivity index (χ0n) is 20.8. The van der Waals surface area contributed by atoms with Crippen molar-refractivity contribution in [1.29, 1.82) is 0 Å². The van der Waals surface area contributed by atoms with Gasteiger partial charge in [-0.25, -0.2) is 0 Å². The molecular weight excluding hydrogens is 470 g/mol. The summed E-state index contributed by atoms with van der Waals surface area (Å²) in [5.74, 6) is 1.64. The molecule has 1 heterocycles. The smallest absolute Gasteiger partial charge is 0.227 e. The van der Waals surface area contributed by atoms with E-state index in [0.717, 1.165) is 11.5 Å². The van der Waals surface area contributed by atoms with Crippen LogP contribution in [0, 0.1) is 5.92 Å². The standard InChI is InChI=1S/C29H31N3O5/c1-36-24-11-7-23(8-12-24)31-29(35)21-17-19-32(20-18-21)28(34)16-15-27(33)30-22-9-13-26(14-10-22)37-25-5-3-2-4-6-25/h2-14,21H,15-20H2,1H3,(H,30,33)(H,31,35). The molecule has 0 radical (unpaired) electrons. The monoisotopic (exact) mass is 501 g/mol. The Morgan fingerprint density at radius 1 is 0.757 bits per heavy atom. The maximum atomic E-state index is 12.6. The van der Waals surface area contributed by atoms with Gasteiger partial charge in [-0.05, 0) is 73.5 Å². The number of anilines is 2. The van der Waals surface area contributed by atoms with E-state index in [9.17, 15) is 14.4 Å². The zero-order chi connectivity index (χ0) is 26.0. The number of benzene rings is 3. The van der Waals surface area contributed by atoms with Crippen molar-refractivity contribution in [2.75, 3.05) is 30.8 Å². The number of amides is 3. The van der Waals surface area contributed by atoms with Crippen molar-refractivity contribution in [3.8, 4) is 17.2 Å². The number of hydrogen-bond acceptors (Lipinski definition) is 5. The van der Waals surface area contributed by atoms with Gasteiger partial charge in [0, 0.05) is 43.2 Å². The van der Waals surface area contributed by atoms with Gasteiger partial charge in [0.1, 0.15) is 17.2 Å². The summed E-state index contributed by atoms with van der Waals surface area (Å²) < 4.78 is 10.9. The summed E-state index contributed by atoms with van der Waals surface area (Å²) in [5, 5.41) is 5.74. The molecule has 0 atom stereocenters. The van der Waals surface area contributed by atoms with Gasteiger partial charge in [-0.1, -0.05) is 18.2 Å². The quantitative estimate of drug-likeness (QED) is 0.426. The summed E-state index contributed by atoms with van der Waals surface area (Å²) in [6.07, 6.45) is 1.41. The minimum Gasteiger partial charge on any atom is -0.497 e. The van der Waals surface area contributed by atoms with Crippen molar-refractivity contribution in [3.05, 3.63) is 78.9 Å². The van der Waals surface area contributed by atoms with Crippen molar-refractivity contribution in [2.45, 2.75) is 25.7 Å². The fourth-order valence-electron chi connectivity index (χ4n) is 4.14. The molecule has 1 aliphatic heterocycles. The largest absolute Gasteiger partial charge is 0.497 e. The summed E-state index contributed by atoms with van der Waals surface area (Å²) in [5.41, 5.74) is 1.36. The van der Waals surface area contributed by atoms with Crippen LogP contribution in [0.2, 0.25) is 0 Å². The molecule has 3 aromatic rings. The van der Waals surface area contributed by atoms with E-state index in [1.165, 1.54) is 0 Å². The summed E-state index contributed by atoms with van der Waals surface area (Å²) in [6, 6.07) is 23.7. The summed E-state index contributed by atoms with van der Waals surface area (Å²) in [6.45, 7) is 1.01. The molecule has 1 saturated heterocycles. The average Bonchev–Trinajstić information content (AvgIpc) is 2.94. The Hall–Kier alpha value is -4.33. The number of hydrogen-bond donors (Lipinski definition) is 2. The van der Waals surface area contributed by atoms with E-state index >= 15 is 0 Å². The van der Waals surface area contributed by atoms with Gasteiger partial charge in [0.15, 0.2) is 0 Å². The number of para-hydroxylation sites is 1. The van der Waals surface area contributed by atoms with E-state index < -0.39 is 0 Å². The highest BCUT2D eigenvalue weighted by atomic mass is 16.5. The second-order valence-corrected chi connectivity index (χ2v) is 8.86. The van der Waals surface area contributed by atoms with Crippen molar-refractivity contribution >= 4 is 29.1 Å². The molecule has 0 aliphatic carbocycles. The minimum absolute atomic E-state index is 0.0446. The van der Waals surface area contributed by atoms with Gasteiger partial charge in [-0.15, -0.1) is 0 Å². The second-order valence-electron chi connectivity index (χ2n) is 8.86. The van der Waals surface area contributed by atoms with Gasteiger partial charge < -0.3 is 25.0 Å². The molecule has 37 heavy (non-hydrogen) atoms. The molecule has 0 unspecified atom stereocenters. The van der Waals surface area contributed by atoms with E-state index in [0.29, 0.717) is 43.1 Å². The summed E-state index contributed by atoms with van der Waals surface area (Å²) in [4.78, 5) is 39.3. The minimum atomic E-state index is -0.223. The van der Waals surface area contributed by atoms with E-state index in [-0.39, 0.29) is 36.5 Å². The Morgan fingerprint density at radius 2 is 1.32 bits per heavy atom. The first-order valence-corrected chi connectivity index (χ1v) is 12.4. The molecule has 4 rings (SSSR count). The first kappa shape index (κ1) is 25.8. The summed E-state index contributed by atoms with van der Waals surface area (Å²) >= 11 is 0. The van der Waals surface area contributed by atoms with Crippen LogP contribution in [-0.4, -0.2) is 42.8 Å². The van der Waals surface area contributed by atoms with Gasteiger partial charge >= 0.3 is 0 Å². The van der Waals surface area contributed by atoms with Gasteiger partial charge in [0.05, 0.1) is 7.11 Å². The van der Waals surface area contributed by atoms with Crippen molar-refractivity contribution in [2.24, 2.45) is 5.92 Å². The lowest BCUT2D eigenvalue weighted by atomic mass is 9.95. The predicted octanol–water partition coefficient (Wildman–Crippen LogP) is 5.08.